The molecule has 0 saturated heterocycles. The van der Waals surface area contributed by atoms with Gasteiger partial charge in [-0.3, -0.25) is 0 Å². The molecule has 0 heterocycles. The minimum absolute atomic E-state index is 0.495. The van der Waals surface area contributed by atoms with Gasteiger partial charge in [-0.2, -0.15) is 0 Å². The first-order valence-electron chi connectivity index (χ1n) is 5.11. The average molecular weight is 191 g/mol. The molecular formula is C12H17NO. The van der Waals surface area contributed by atoms with E-state index in [0.717, 1.165) is 5.75 Å². The van der Waals surface area contributed by atoms with Gasteiger partial charge in [-0.15, -0.1) is 0 Å². The number of rotatable bonds is 2. The molecule has 2 atom stereocenters. The number of methoxy groups -OCH3 is 1. The zero-order valence-electron chi connectivity index (χ0n) is 9.00. The summed E-state index contributed by atoms with van der Waals surface area (Å²) in [7, 11) is 3.74. The predicted molar refractivity (Wildman–Crippen MR) is 57.8 cm³/mol. The number of hydrogen-bond acceptors (Lipinski definition) is 2. The van der Waals surface area contributed by atoms with Gasteiger partial charge in [0.25, 0.3) is 0 Å². The zero-order valence-corrected chi connectivity index (χ0v) is 9.00. The van der Waals surface area contributed by atoms with E-state index < -0.39 is 0 Å². The topological polar surface area (TPSA) is 21.3 Å². The van der Waals surface area contributed by atoms with Crippen LogP contribution in [-0.2, 0) is 0 Å². The number of hydrogen-bond donors (Lipinski definition) is 1. The van der Waals surface area contributed by atoms with Crippen LogP contribution >= 0.6 is 0 Å². The first kappa shape index (κ1) is 9.53. The first-order valence-corrected chi connectivity index (χ1v) is 5.11. The lowest BCUT2D eigenvalue weighted by Gasteiger charge is -2.10. The second-order valence-electron chi connectivity index (χ2n) is 3.97. The highest BCUT2D eigenvalue weighted by molar-refractivity contribution is 5.43. The van der Waals surface area contributed by atoms with E-state index in [2.05, 4.69) is 24.4 Å². The van der Waals surface area contributed by atoms with Crippen LogP contribution in [0.5, 0.6) is 5.75 Å². The van der Waals surface area contributed by atoms with Crippen LogP contribution in [-0.4, -0.2) is 14.2 Å². The van der Waals surface area contributed by atoms with Gasteiger partial charge in [0, 0.05) is 6.04 Å². The Balaban J connectivity index is 2.42. The van der Waals surface area contributed by atoms with E-state index in [-0.39, 0.29) is 0 Å². The second kappa shape index (κ2) is 3.62. The van der Waals surface area contributed by atoms with Crippen molar-refractivity contribution in [1.82, 2.24) is 5.32 Å². The molecule has 1 N–H and O–H groups in total. The van der Waals surface area contributed by atoms with E-state index in [1.54, 1.807) is 7.11 Å². The summed E-state index contributed by atoms with van der Waals surface area (Å²) in [5.74, 6) is 1.62. The summed E-state index contributed by atoms with van der Waals surface area (Å²) in [6.07, 6.45) is 1.19. The second-order valence-corrected chi connectivity index (χ2v) is 3.97. The summed E-state index contributed by atoms with van der Waals surface area (Å²) in [5.41, 5.74) is 2.87. The molecular weight excluding hydrogens is 174 g/mol. The Morgan fingerprint density at radius 1 is 1.36 bits per heavy atom. The molecule has 2 unspecified atom stereocenters. The molecule has 76 valence electrons. The van der Waals surface area contributed by atoms with E-state index in [1.165, 1.54) is 17.5 Å². The van der Waals surface area contributed by atoms with Crippen LogP contribution in [0.1, 0.15) is 36.4 Å². The molecule has 2 heteroatoms. The van der Waals surface area contributed by atoms with Crippen molar-refractivity contribution < 1.29 is 4.74 Å². The van der Waals surface area contributed by atoms with Crippen LogP contribution in [0.15, 0.2) is 18.2 Å². The highest BCUT2D eigenvalue weighted by Gasteiger charge is 2.27. The Morgan fingerprint density at radius 2 is 2.14 bits per heavy atom. The van der Waals surface area contributed by atoms with Crippen LogP contribution in [0.25, 0.3) is 0 Å². The van der Waals surface area contributed by atoms with Gasteiger partial charge >= 0.3 is 0 Å². The third-order valence-corrected chi connectivity index (χ3v) is 3.14. The number of benzene rings is 1. The summed E-state index contributed by atoms with van der Waals surface area (Å²) in [5, 5.41) is 3.35. The lowest BCUT2D eigenvalue weighted by molar-refractivity contribution is 0.413. The fraction of sp³-hybridized carbons (Fsp3) is 0.500. The molecule has 0 saturated carbocycles. The van der Waals surface area contributed by atoms with Gasteiger partial charge in [0.1, 0.15) is 5.75 Å². The van der Waals surface area contributed by atoms with Crippen molar-refractivity contribution in [2.75, 3.05) is 14.2 Å². The largest absolute Gasteiger partial charge is 0.497 e. The van der Waals surface area contributed by atoms with E-state index in [9.17, 15) is 0 Å². The molecule has 0 bridgehead atoms. The lowest BCUT2D eigenvalue weighted by atomic mass is 10.0. The van der Waals surface area contributed by atoms with E-state index in [0.29, 0.717) is 12.0 Å². The Morgan fingerprint density at radius 3 is 2.79 bits per heavy atom. The van der Waals surface area contributed by atoms with Crippen LogP contribution < -0.4 is 10.1 Å². The maximum absolute atomic E-state index is 5.24. The van der Waals surface area contributed by atoms with Gasteiger partial charge in [-0.1, -0.05) is 13.0 Å². The number of nitrogens with one attached hydrogen (secondary N) is 1. The monoisotopic (exact) mass is 191 g/mol. The van der Waals surface area contributed by atoms with Gasteiger partial charge in [0.2, 0.25) is 0 Å². The fourth-order valence-electron chi connectivity index (χ4n) is 2.31. The highest BCUT2D eigenvalue weighted by Crippen LogP contribution is 2.41. The number of ether oxygens (including phenoxy) is 1. The van der Waals surface area contributed by atoms with Crippen molar-refractivity contribution in [1.29, 1.82) is 0 Å². The fourth-order valence-corrected chi connectivity index (χ4v) is 2.31. The summed E-state index contributed by atoms with van der Waals surface area (Å²) in [4.78, 5) is 0. The minimum Gasteiger partial charge on any atom is -0.497 e. The molecule has 0 aromatic heterocycles. The van der Waals surface area contributed by atoms with E-state index >= 15 is 0 Å². The molecule has 0 spiro atoms. The van der Waals surface area contributed by atoms with E-state index in [4.69, 9.17) is 4.74 Å². The Kier molecular flexibility index (Phi) is 2.46. The van der Waals surface area contributed by atoms with Gasteiger partial charge in [0.15, 0.2) is 0 Å². The van der Waals surface area contributed by atoms with Crippen molar-refractivity contribution in [3.05, 3.63) is 29.3 Å². The molecule has 2 rings (SSSR count). The van der Waals surface area contributed by atoms with Gasteiger partial charge in [-0.25, -0.2) is 0 Å². The smallest absolute Gasteiger partial charge is 0.119 e. The predicted octanol–water partition coefficient (Wildman–Crippen LogP) is 2.46. The Bertz CT molecular complexity index is 335. The molecule has 1 aromatic carbocycles. The zero-order chi connectivity index (χ0) is 10.1. The molecule has 1 aliphatic carbocycles. The van der Waals surface area contributed by atoms with Crippen LogP contribution in [0.2, 0.25) is 0 Å². The average Bonchev–Trinajstić information content (AvgIpc) is 2.55. The summed E-state index contributed by atoms with van der Waals surface area (Å²) < 4.78 is 5.24. The normalized spacial score (nSPS) is 24.8. The Labute approximate surface area is 85.3 Å². The quantitative estimate of drug-likeness (QED) is 0.775. The molecule has 1 aliphatic rings. The first-order chi connectivity index (χ1) is 6.76. The van der Waals surface area contributed by atoms with E-state index in [1.807, 2.05) is 13.1 Å². The van der Waals surface area contributed by atoms with Crippen molar-refractivity contribution in [2.45, 2.75) is 25.3 Å². The van der Waals surface area contributed by atoms with Crippen LogP contribution in [0, 0.1) is 0 Å². The molecule has 0 fully saturated rings. The number of fused-ring (bicyclic) bond motifs is 1. The summed E-state index contributed by atoms with van der Waals surface area (Å²) >= 11 is 0. The molecule has 2 nitrogen and oxygen atoms in total. The van der Waals surface area contributed by atoms with Crippen molar-refractivity contribution >= 4 is 0 Å². The van der Waals surface area contributed by atoms with Crippen molar-refractivity contribution in [3.63, 3.8) is 0 Å². The molecule has 0 aliphatic heterocycles. The third kappa shape index (κ3) is 1.40. The molecule has 14 heavy (non-hydrogen) atoms. The maximum atomic E-state index is 5.24. The molecule has 1 aromatic rings. The highest BCUT2D eigenvalue weighted by atomic mass is 16.5. The lowest BCUT2D eigenvalue weighted by Crippen LogP contribution is -2.12. The maximum Gasteiger partial charge on any atom is 0.119 e. The summed E-state index contributed by atoms with van der Waals surface area (Å²) in [6, 6.07) is 6.89. The Hall–Kier alpha value is -1.02. The van der Waals surface area contributed by atoms with Gasteiger partial charge in [0.05, 0.1) is 7.11 Å². The standard InChI is InChI=1S/C12H17NO/c1-8-6-12(13-2)11-7-9(14-3)4-5-10(8)11/h4-5,7-8,12-13H,6H2,1-3H3. The minimum atomic E-state index is 0.495. The van der Waals surface area contributed by atoms with Crippen LogP contribution in [0.3, 0.4) is 0 Å². The molecule has 0 amide bonds. The molecule has 0 radical (unpaired) electrons. The van der Waals surface area contributed by atoms with Gasteiger partial charge < -0.3 is 10.1 Å². The van der Waals surface area contributed by atoms with Crippen LogP contribution in [0.4, 0.5) is 0 Å². The van der Waals surface area contributed by atoms with Crippen molar-refractivity contribution in [2.24, 2.45) is 0 Å². The van der Waals surface area contributed by atoms with Crippen molar-refractivity contribution in [3.8, 4) is 5.75 Å². The third-order valence-electron chi connectivity index (χ3n) is 3.14. The summed E-state index contributed by atoms with van der Waals surface area (Å²) in [6.45, 7) is 2.28. The van der Waals surface area contributed by atoms with Gasteiger partial charge in [-0.05, 0) is 42.6 Å². The SMILES string of the molecule is CNC1CC(C)c2ccc(OC)cc21.